The molecule has 0 aromatic heterocycles. The fourth-order valence-electron chi connectivity index (χ4n) is 3.68. The molecule has 1 saturated heterocycles. The van der Waals surface area contributed by atoms with Crippen LogP contribution in [0, 0.1) is 12.8 Å². The fourth-order valence-corrected chi connectivity index (χ4v) is 3.68. The molecule has 0 bridgehead atoms. The summed E-state index contributed by atoms with van der Waals surface area (Å²) in [4.78, 5) is 28.7. The van der Waals surface area contributed by atoms with E-state index in [-0.39, 0.29) is 24.2 Å². The molecule has 0 N–H and O–H groups in total. The fraction of sp³-hybridized carbons (Fsp3) is 0.391. The molecule has 2 aromatic carbocycles. The molecule has 2 aliphatic rings. The van der Waals surface area contributed by atoms with Crippen molar-refractivity contribution in [3.63, 3.8) is 0 Å². The number of hydrogen-bond donors (Lipinski definition) is 0. The third-order valence-electron chi connectivity index (χ3n) is 5.40. The lowest BCUT2D eigenvalue weighted by Gasteiger charge is -2.23. The van der Waals surface area contributed by atoms with Crippen LogP contribution in [0.4, 0.5) is 5.69 Å². The van der Waals surface area contributed by atoms with Gasteiger partial charge in [-0.3, -0.25) is 9.59 Å². The Hall–Kier alpha value is -3.22. The molecule has 0 saturated carbocycles. The highest BCUT2D eigenvalue weighted by atomic mass is 16.6. The van der Waals surface area contributed by atoms with Crippen LogP contribution in [0.5, 0.6) is 17.2 Å². The van der Waals surface area contributed by atoms with E-state index < -0.39 is 0 Å². The Bertz CT molecular complexity index is 928. The Morgan fingerprint density at radius 3 is 2.63 bits per heavy atom. The van der Waals surface area contributed by atoms with Crippen molar-refractivity contribution >= 4 is 17.5 Å². The minimum absolute atomic E-state index is 0.0455. The molecule has 2 heterocycles. The van der Waals surface area contributed by atoms with Crippen LogP contribution in [0.3, 0.4) is 0 Å². The lowest BCUT2D eigenvalue weighted by Crippen LogP contribution is -2.37. The number of ether oxygens (including phenoxy) is 3. The molecule has 2 amide bonds. The monoisotopic (exact) mass is 410 g/mol. The van der Waals surface area contributed by atoms with Crippen LogP contribution in [0.15, 0.2) is 42.5 Å². The topological polar surface area (TPSA) is 68.3 Å². The van der Waals surface area contributed by atoms with Gasteiger partial charge in [-0.05, 0) is 31.2 Å². The summed E-state index contributed by atoms with van der Waals surface area (Å²) < 4.78 is 16.9. The second kappa shape index (κ2) is 8.65. The average molecular weight is 410 g/mol. The second-order valence-electron chi connectivity index (χ2n) is 7.65. The Kier molecular flexibility index (Phi) is 5.79. The van der Waals surface area contributed by atoms with E-state index in [9.17, 15) is 9.59 Å². The maximum atomic E-state index is 12.8. The number of carbonyl (C=O) groups excluding carboxylic acids is 2. The van der Waals surface area contributed by atoms with E-state index in [0.29, 0.717) is 44.4 Å². The molecule has 0 spiro atoms. The van der Waals surface area contributed by atoms with E-state index in [2.05, 4.69) is 0 Å². The molecule has 7 nitrogen and oxygen atoms in total. The summed E-state index contributed by atoms with van der Waals surface area (Å²) >= 11 is 0. The first-order valence-electron chi connectivity index (χ1n) is 10.2. The molecule has 0 radical (unpaired) electrons. The second-order valence-corrected chi connectivity index (χ2v) is 7.65. The number of rotatable bonds is 6. The number of likely N-dealkylation sites (N-methyl/N-ethyl adjacent to an activating group) is 1. The van der Waals surface area contributed by atoms with E-state index >= 15 is 0 Å². The van der Waals surface area contributed by atoms with Gasteiger partial charge in [0.25, 0.3) is 0 Å². The number of nitrogens with zero attached hydrogens (tertiary/aromatic N) is 2. The van der Waals surface area contributed by atoms with Gasteiger partial charge in [0, 0.05) is 31.8 Å². The largest absolute Gasteiger partial charge is 0.492 e. The van der Waals surface area contributed by atoms with Crippen LogP contribution in [-0.2, 0) is 9.59 Å². The third kappa shape index (κ3) is 4.35. The molecule has 0 unspecified atom stereocenters. The number of carbonyl (C=O) groups is 2. The highest BCUT2D eigenvalue weighted by Gasteiger charge is 2.36. The molecule has 2 aliphatic heterocycles. The molecule has 1 atom stereocenters. The summed E-state index contributed by atoms with van der Waals surface area (Å²) in [6.07, 6.45) is 0.205. The van der Waals surface area contributed by atoms with Crippen molar-refractivity contribution in [2.75, 3.05) is 44.9 Å². The SMILES string of the molecule is Cc1ccc(OCCN(C)C(=O)[C@H]2CC(=O)N(c3ccc4c(c3)OCCO4)C2)cc1. The maximum absolute atomic E-state index is 12.8. The molecule has 4 rings (SSSR count). The Morgan fingerprint density at radius 2 is 1.87 bits per heavy atom. The zero-order valence-corrected chi connectivity index (χ0v) is 17.3. The Morgan fingerprint density at radius 1 is 1.13 bits per heavy atom. The van der Waals surface area contributed by atoms with Gasteiger partial charge in [-0.1, -0.05) is 17.7 Å². The van der Waals surface area contributed by atoms with Gasteiger partial charge in [-0.15, -0.1) is 0 Å². The van der Waals surface area contributed by atoms with Gasteiger partial charge in [-0.2, -0.15) is 0 Å². The molecule has 1 fully saturated rings. The highest BCUT2D eigenvalue weighted by molar-refractivity contribution is 6.00. The normalized spacial score (nSPS) is 17.7. The first-order chi connectivity index (χ1) is 14.5. The van der Waals surface area contributed by atoms with Crippen LogP contribution >= 0.6 is 0 Å². The van der Waals surface area contributed by atoms with Gasteiger partial charge >= 0.3 is 0 Å². The lowest BCUT2D eigenvalue weighted by molar-refractivity contribution is -0.134. The van der Waals surface area contributed by atoms with E-state index in [4.69, 9.17) is 14.2 Å². The zero-order chi connectivity index (χ0) is 21.1. The average Bonchev–Trinajstić information content (AvgIpc) is 3.15. The number of hydrogen-bond acceptors (Lipinski definition) is 5. The number of anilines is 1. The van der Waals surface area contributed by atoms with Crippen LogP contribution in [0.1, 0.15) is 12.0 Å². The summed E-state index contributed by atoms with van der Waals surface area (Å²) in [7, 11) is 1.75. The smallest absolute Gasteiger partial charge is 0.227 e. The van der Waals surface area contributed by atoms with Gasteiger partial charge in [0.05, 0.1) is 12.5 Å². The summed E-state index contributed by atoms with van der Waals surface area (Å²) in [5.41, 5.74) is 1.90. The van der Waals surface area contributed by atoms with E-state index in [1.165, 1.54) is 5.56 Å². The van der Waals surface area contributed by atoms with Crippen molar-refractivity contribution in [2.24, 2.45) is 5.92 Å². The summed E-state index contributed by atoms with van der Waals surface area (Å²) in [6, 6.07) is 13.2. The third-order valence-corrected chi connectivity index (χ3v) is 5.40. The lowest BCUT2D eigenvalue weighted by atomic mass is 10.1. The molecular weight excluding hydrogens is 384 g/mol. The molecule has 7 heteroatoms. The summed E-state index contributed by atoms with van der Waals surface area (Å²) in [5, 5.41) is 0. The standard InChI is InChI=1S/C23H26N2O5/c1-16-3-6-19(7-4-16)28-10-9-24(2)23(27)17-13-22(26)25(15-17)18-5-8-20-21(14-18)30-12-11-29-20/h3-8,14,17H,9-13,15H2,1-2H3/t17-/m0/s1. The van der Waals surface area contributed by atoms with Crippen LogP contribution in [0.25, 0.3) is 0 Å². The van der Waals surface area contributed by atoms with Crippen LogP contribution in [-0.4, -0.2) is 56.7 Å². The van der Waals surface area contributed by atoms with Gasteiger partial charge in [0.15, 0.2) is 11.5 Å². The first-order valence-corrected chi connectivity index (χ1v) is 10.2. The maximum Gasteiger partial charge on any atom is 0.227 e. The summed E-state index contributed by atoms with van der Waals surface area (Å²) in [5.74, 6) is 1.62. The van der Waals surface area contributed by atoms with Crippen molar-refractivity contribution in [1.82, 2.24) is 4.90 Å². The quantitative estimate of drug-likeness (QED) is 0.732. The Labute approximate surface area is 176 Å². The number of fused-ring (bicyclic) bond motifs is 1. The molecule has 30 heavy (non-hydrogen) atoms. The van der Waals surface area contributed by atoms with Gasteiger partial charge in [0.1, 0.15) is 25.6 Å². The number of amides is 2. The minimum Gasteiger partial charge on any atom is -0.492 e. The molecule has 2 aromatic rings. The van der Waals surface area contributed by atoms with Gasteiger partial charge in [-0.25, -0.2) is 0 Å². The number of benzene rings is 2. The highest BCUT2D eigenvalue weighted by Crippen LogP contribution is 2.36. The molecule has 0 aliphatic carbocycles. The van der Waals surface area contributed by atoms with Gasteiger partial charge < -0.3 is 24.0 Å². The predicted octanol–water partition coefficient (Wildman–Crippen LogP) is 2.66. The van der Waals surface area contributed by atoms with Crippen LogP contribution in [0.2, 0.25) is 0 Å². The van der Waals surface area contributed by atoms with Gasteiger partial charge in [0.2, 0.25) is 11.8 Å². The zero-order valence-electron chi connectivity index (χ0n) is 17.3. The first kappa shape index (κ1) is 20.1. The minimum atomic E-state index is -0.366. The molecular formula is C23H26N2O5. The summed E-state index contributed by atoms with van der Waals surface area (Å²) in [6.45, 7) is 4.25. The van der Waals surface area contributed by atoms with Crippen molar-refractivity contribution in [3.05, 3.63) is 48.0 Å². The van der Waals surface area contributed by atoms with E-state index in [1.54, 1.807) is 29.0 Å². The predicted molar refractivity (Wildman–Crippen MR) is 112 cm³/mol. The Balaban J connectivity index is 1.32. The van der Waals surface area contributed by atoms with Crippen molar-refractivity contribution in [1.29, 1.82) is 0 Å². The van der Waals surface area contributed by atoms with Crippen LogP contribution < -0.4 is 19.1 Å². The molecule has 158 valence electrons. The van der Waals surface area contributed by atoms with Crippen molar-refractivity contribution < 1.29 is 23.8 Å². The van der Waals surface area contributed by atoms with Crippen molar-refractivity contribution in [2.45, 2.75) is 13.3 Å². The van der Waals surface area contributed by atoms with E-state index in [1.807, 2.05) is 37.3 Å². The van der Waals surface area contributed by atoms with E-state index in [0.717, 1.165) is 11.4 Å². The van der Waals surface area contributed by atoms with Crippen molar-refractivity contribution in [3.8, 4) is 17.2 Å². The number of aryl methyl sites for hydroxylation is 1.